The highest BCUT2D eigenvalue weighted by atomic mass is 35.5. The number of nitrogens with one attached hydrogen (secondary N) is 2. The Kier molecular flexibility index (Phi) is 5.39. The third-order valence-electron chi connectivity index (χ3n) is 5.23. The van der Waals surface area contributed by atoms with E-state index in [2.05, 4.69) is 32.7 Å². The lowest BCUT2D eigenvalue weighted by atomic mass is 10.0. The van der Waals surface area contributed by atoms with Crippen molar-refractivity contribution in [3.63, 3.8) is 0 Å². The van der Waals surface area contributed by atoms with Crippen LogP contribution in [0.2, 0.25) is 10.0 Å². The first-order valence-electron chi connectivity index (χ1n) is 9.59. The van der Waals surface area contributed by atoms with E-state index in [0.29, 0.717) is 16.5 Å². The van der Waals surface area contributed by atoms with Crippen LogP contribution in [0.1, 0.15) is 21.5 Å². The number of amides is 1. The van der Waals surface area contributed by atoms with Crippen molar-refractivity contribution in [2.24, 2.45) is 0 Å². The van der Waals surface area contributed by atoms with Gasteiger partial charge in [0.25, 0.3) is 5.91 Å². The monoisotopic (exact) mass is 473 g/mol. The van der Waals surface area contributed by atoms with E-state index in [0.717, 1.165) is 25.2 Å². The number of carbonyl (C=O) groups excluding carboxylic acids is 1. The van der Waals surface area contributed by atoms with Crippen molar-refractivity contribution in [1.29, 1.82) is 0 Å². The van der Waals surface area contributed by atoms with Crippen LogP contribution in [0.4, 0.5) is 17.3 Å². The van der Waals surface area contributed by atoms with Crippen LogP contribution in [0.3, 0.4) is 0 Å². The average Bonchev–Trinajstić information content (AvgIpc) is 2.78. The second-order valence-corrected chi connectivity index (χ2v) is 8.90. The second kappa shape index (κ2) is 8.20. The molecule has 3 N–H and O–H groups in total. The molecular formula is C21H17Cl2N5O2S. The van der Waals surface area contributed by atoms with Crippen molar-refractivity contribution in [1.82, 2.24) is 15.3 Å². The first kappa shape index (κ1) is 20.4. The largest absolute Gasteiger partial charge is 0.506 e. The van der Waals surface area contributed by atoms with Gasteiger partial charge in [-0.1, -0.05) is 41.0 Å². The van der Waals surface area contributed by atoms with Crippen molar-refractivity contribution in [3.05, 3.63) is 63.3 Å². The van der Waals surface area contributed by atoms with Gasteiger partial charge in [-0.25, -0.2) is 9.97 Å². The number of hydrogen-bond donors (Lipinski definition) is 3. The first-order valence-corrected chi connectivity index (χ1v) is 11.3. The Hall–Kier alpha value is -2.52. The van der Waals surface area contributed by atoms with E-state index in [1.54, 1.807) is 0 Å². The van der Waals surface area contributed by atoms with Crippen LogP contribution in [0, 0.1) is 0 Å². The Morgan fingerprint density at radius 1 is 1.19 bits per heavy atom. The predicted molar refractivity (Wildman–Crippen MR) is 123 cm³/mol. The van der Waals surface area contributed by atoms with Crippen LogP contribution in [0.25, 0.3) is 0 Å². The van der Waals surface area contributed by atoms with Gasteiger partial charge in [-0.3, -0.25) is 9.69 Å². The van der Waals surface area contributed by atoms with Gasteiger partial charge in [-0.15, -0.1) is 0 Å². The lowest BCUT2D eigenvalue weighted by Crippen LogP contribution is -2.35. The number of phenols is 1. The Balaban J connectivity index is 1.41. The molecule has 1 amide bonds. The number of thioether (sulfide) groups is 1. The summed E-state index contributed by atoms with van der Waals surface area (Å²) < 4.78 is 0. The second-order valence-electron chi connectivity index (χ2n) is 7.18. The molecule has 0 saturated heterocycles. The third-order valence-corrected chi connectivity index (χ3v) is 6.87. The molecule has 2 aliphatic heterocycles. The average molecular weight is 474 g/mol. The summed E-state index contributed by atoms with van der Waals surface area (Å²) >= 11 is 13.8. The number of anilines is 3. The Labute approximate surface area is 192 Å². The molecule has 0 aliphatic carbocycles. The van der Waals surface area contributed by atoms with Gasteiger partial charge in [-0.2, -0.15) is 0 Å². The van der Waals surface area contributed by atoms with Gasteiger partial charge in [0.2, 0.25) is 5.95 Å². The molecule has 5 rings (SSSR count). The molecule has 31 heavy (non-hydrogen) atoms. The molecule has 0 bridgehead atoms. The zero-order valence-electron chi connectivity index (χ0n) is 16.2. The molecule has 3 aromatic rings. The third kappa shape index (κ3) is 3.80. The number of aromatic nitrogens is 2. The highest BCUT2D eigenvalue weighted by Crippen LogP contribution is 2.43. The number of nitrogens with zero attached hydrogens (tertiary/aromatic N) is 3. The van der Waals surface area contributed by atoms with Crippen LogP contribution < -0.4 is 15.5 Å². The summed E-state index contributed by atoms with van der Waals surface area (Å²) in [6.07, 6.45) is 2.48. The van der Waals surface area contributed by atoms with Gasteiger partial charge in [0.15, 0.2) is 0 Å². The maximum Gasteiger partial charge on any atom is 0.263 e. The van der Waals surface area contributed by atoms with Crippen molar-refractivity contribution in [2.75, 3.05) is 22.6 Å². The number of rotatable bonds is 3. The molecule has 0 radical (unpaired) electrons. The summed E-state index contributed by atoms with van der Waals surface area (Å²) in [5, 5.41) is 17.4. The summed E-state index contributed by atoms with van der Waals surface area (Å²) in [7, 11) is 0. The minimum atomic E-state index is -0.323. The molecule has 0 unspecified atom stereocenters. The molecule has 1 aromatic heterocycles. The molecule has 0 atom stereocenters. The van der Waals surface area contributed by atoms with Gasteiger partial charge in [0.05, 0.1) is 22.2 Å². The maximum atomic E-state index is 13.1. The highest BCUT2D eigenvalue weighted by molar-refractivity contribution is 7.99. The molecule has 10 heteroatoms. The highest BCUT2D eigenvalue weighted by Gasteiger charge is 2.31. The zero-order chi connectivity index (χ0) is 21.5. The van der Waals surface area contributed by atoms with Crippen LogP contribution in [-0.2, 0) is 13.0 Å². The Morgan fingerprint density at radius 2 is 2.06 bits per heavy atom. The molecule has 3 heterocycles. The van der Waals surface area contributed by atoms with Crippen LogP contribution >= 0.6 is 35.0 Å². The van der Waals surface area contributed by atoms with Gasteiger partial charge >= 0.3 is 0 Å². The Morgan fingerprint density at radius 3 is 2.94 bits per heavy atom. The van der Waals surface area contributed by atoms with Gasteiger partial charge in [0.1, 0.15) is 15.8 Å². The normalized spacial score (nSPS) is 15.4. The molecule has 2 aliphatic rings. The van der Waals surface area contributed by atoms with Crippen LogP contribution in [-0.4, -0.2) is 33.4 Å². The van der Waals surface area contributed by atoms with Gasteiger partial charge < -0.3 is 15.7 Å². The minimum Gasteiger partial charge on any atom is -0.506 e. The zero-order valence-corrected chi connectivity index (χ0v) is 18.5. The number of fused-ring (bicyclic) bond motifs is 2. The van der Waals surface area contributed by atoms with Crippen molar-refractivity contribution in [2.45, 2.75) is 18.0 Å². The SMILES string of the molecule is O=C1c2cnc(Nc3ccc4c(c3)CCNC4)nc2SCN1c1c(Cl)ccc(O)c1Cl. The number of halogens is 2. The van der Waals surface area contributed by atoms with E-state index in [-0.39, 0.29) is 33.3 Å². The number of phenolic OH excluding ortho intramolecular Hbond substituents is 1. The van der Waals surface area contributed by atoms with Crippen LogP contribution in [0.5, 0.6) is 5.75 Å². The lowest BCUT2D eigenvalue weighted by molar-refractivity contribution is 0.0985. The molecule has 7 nitrogen and oxygen atoms in total. The molecule has 0 spiro atoms. The van der Waals surface area contributed by atoms with Crippen molar-refractivity contribution in [3.8, 4) is 5.75 Å². The first-order chi connectivity index (χ1) is 15.0. The number of carbonyl (C=O) groups is 1. The van der Waals surface area contributed by atoms with E-state index < -0.39 is 0 Å². The van der Waals surface area contributed by atoms with E-state index in [1.165, 1.54) is 46.1 Å². The number of hydrogen-bond acceptors (Lipinski definition) is 7. The Bertz CT molecular complexity index is 1210. The summed E-state index contributed by atoms with van der Waals surface area (Å²) in [5.41, 5.74) is 4.15. The van der Waals surface area contributed by atoms with Gasteiger partial charge in [-0.05, 0) is 48.4 Å². The fourth-order valence-electron chi connectivity index (χ4n) is 3.64. The molecule has 158 valence electrons. The predicted octanol–water partition coefficient (Wildman–Crippen LogP) is 4.59. The molecule has 0 saturated carbocycles. The number of benzene rings is 2. The lowest BCUT2D eigenvalue weighted by Gasteiger charge is -2.29. The minimum absolute atomic E-state index is 0.0340. The van der Waals surface area contributed by atoms with E-state index >= 15 is 0 Å². The fraction of sp³-hybridized carbons (Fsp3) is 0.190. The smallest absolute Gasteiger partial charge is 0.263 e. The standard InChI is InChI=1S/C21H17Cl2N5O2S/c22-15-3-4-16(29)17(23)18(15)28-10-31-19-14(20(28)30)9-25-21(27-19)26-13-2-1-12-8-24-6-5-11(12)7-13/h1-4,7,9,24,29H,5-6,8,10H2,(H,25,26,27). The summed E-state index contributed by atoms with van der Waals surface area (Å²) in [6, 6.07) is 9.11. The van der Waals surface area contributed by atoms with E-state index in [4.69, 9.17) is 23.2 Å². The van der Waals surface area contributed by atoms with E-state index in [1.807, 2.05) is 6.07 Å². The van der Waals surface area contributed by atoms with Gasteiger partial charge in [0, 0.05) is 18.4 Å². The van der Waals surface area contributed by atoms with E-state index in [9.17, 15) is 9.90 Å². The fourth-order valence-corrected chi connectivity index (χ4v) is 5.16. The summed E-state index contributed by atoms with van der Waals surface area (Å²) in [4.78, 5) is 23.3. The van der Waals surface area contributed by atoms with Crippen LogP contribution in [0.15, 0.2) is 41.6 Å². The summed E-state index contributed by atoms with van der Waals surface area (Å²) in [5.74, 6) is 0.226. The summed E-state index contributed by atoms with van der Waals surface area (Å²) in [6.45, 7) is 1.85. The number of aromatic hydroxyl groups is 1. The molecule has 0 fully saturated rings. The molecule has 2 aromatic carbocycles. The topological polar surface area (TPSA) is 90.4 Å². The maximum absolute atomic E-state index is 13.1. The quantitative estimate of drug-likeness (QED) is 0.479. The molecular weight excluding hydrogens is 457 g/mol. The van der Waals surface area contributed by atoms with Crippen molar-refractivity contribution >= 4 is 58.2 Å². The van der Waals surface area contributed by atoms with Crippen molar-refractivity contribution < 1.29 is 9.90 Å².